The van der Waals surface area contributed by atoms with Crippen molar-refractivity contribution in [3.8, 4) is 5.75 Å². The number of nitrogens with one attached hydrogen (secondary N) is 1. The van der Waals surface area contributed by atoms with E-state index in [2.05, 4.69) is 21.4 Å². The molecule has 1 aliphatic heterocycles. The van der Waals surface area contributed by atoms with Gasteiger partial charge in [0.2, 0.25) is 0 Å². The molecule has 0 unspecified atom stereocenters. The molecule has 1 fully saturated rings. The molecule has 1 aliphatic rings. The third-order valence-electron chi connectivity index (χ3n) is 3.44. The Morgan fingerprint density at radius 3 is 2.67 bits per heavy atom. The van der Waals surface area contributed by atoms with E-state index in [1.165, 1.54) is 11.1 Å². The van der Waals surface area contributed by atoms with Crippen molar-refractivity contribution in [3.05, 3.63) is 63.1 Å². The van der Waals surface area contributed by atoms with E-state index in [9.17, 15) is 9.59 Å². The number of carbonyl (C=O) groups is 2. The molecule has 7 heteroatoms. The summed E-state index contributed by atoms with van der Waals surface area (Å²) in [6, 6.07) is 12.0. The number of hydrogen-bond acceptors (Lipinski definition) is 3. The van der Waals surface area contributed by atoms with Crippen LogP contribution >= 0.6 is 27.5 Å². The van der Waals surface area contributed by atoms with E-state index < -0.39 is 11.8 Å². The van der Waals surface area contributed by atoms with E-state index in [0.29, 0.717) is 22.0 Å². The fourth-order valence-corrected chi connectivity index (χ4v) is 3.04. The molecule has 3 rings (SSSR count). The van der Waals surface area contributed by atoms with Crippen molar-refractivity contribution in [2.24, 2.45) is 0 Å². The van der Waals surface area contributed by atoms with Gasteiger partial charge < -0.3 is 4.74 Å². The lowest BCUT2D eigenvalue weighted by atomic mass is 10.1. The molecule has 1 heterocycles. The highest BCUT2D eigenvalue weighted by molar-refractivity contribution is 9.10. The van der Waals surface area contributed by atoms with Crippen LogP contribution < -0.4 is 15.2 Å². The summed E-state index contributed by atoms with van der Waals surface area (Å²) < 4.78 is 5.90. The van der Waals surface area contributed by atoms with Crippen LogP contribution in [-0.2, 0) is 9.59 Å². The van der Waals surface area contributed by atoms with Crippen LogP contribution in [0.1, 0.15) is 5.56 Å². The fourth-order valence-electron chi connectivity index (χ4n) is 2.29. The van der Waals surface area contributed by atoms with Gasteiger partial charge in [0.05, 0.1) is 17.3 Å². The van der Waals surface area contributed by atoms with Crippen molar-refractivity contribution in [1.82, 2.24) is 5.43 Å². The highest BCUT2D eigenvalue weighted by atomic mass is 79.9. The van der Waals surface area contributed by atoms with E-state index in [1.807, 2.05) is 0 Å². The normalized spacial score (nSPS) is 15.8. The third-order valence-corrected chi connectivity index (χ3v) is 4.30. The predicted molar refractivity (Wildman–Crippen MR) is 95.8 cm³/mol. The number of amides is 2. The highest BCUT2D eigenvalue weighted by Crippen LogP contribution is 2.28. The first-order valence-corrected chi connectivity index (χ1v) is 8.13. The Hall–Kier alpha value is -2.31. The Morgan fingerprint density at radius 2 is 2.00 bits per heavy atom. The second-order valence-corrected chi connectivity index (χ2v) is 6.30. The monoisotopic (exact) mass is 406 g/mol. The number of halogens is 2. The van der Waals surface area contributed by atoms with E-state index in [0.717, 1.165) is 4.47 Å². The minimum absolute atomic E-state index is 0.0482. The smallest absolute Gasteiger partial charge is 0.282 e. The SMILES string of the molecule is COc1ccc(/C=C2/C(=O)NN(c3cccc(Cl)c3)C2=O)cc1Br. The van der Waals surface area contributed by atoms with Gasteiger partial charge in [-0.15, -0.1) is 0 Å². The maximum absolute atomic E-state index is 12.5. The van der Waals surface area contributed by atoms with Gasteiger partial charge >= 0.3 is 0 Å². The Bertz CT molecular complexity index is 867. The molecule has 0 atom stereocenters. The van der Waals surface area contributed by atoms with Crippen molar-refractivity contribution in [1.29, 1.82) is 0 Å². The van der Waals surface area contributed by atoms with Crippen LogP contribution in [0.3, 0.4) is 0 Å². The average Bonchev–Trinajstić information content (AvgIpc) is 2.83. The standard InChI is InChI=1S/C17H12BrClN2O3/c1-24-15-6-5-10(8-14(15)18)7-13-16(22)20-21(17(13)23)12-4-2-3-11(19)9-12/h2-9H,1H3,(H,20,22)/b13-7-. The molecule has 0 saturated carbocycles. The molecular formula is C17H12BrClN2O3. The Kier molecular flexibility index (Phi) is 4.59. The topological polar surface area (TPSA) is 58.6 Å². The van der Waals surface area contributed by atoms with Crippen LogP contribution in [-0.4, -0.2) is 18.9 Å². The zero-order chi connectivity index (χ0) is 17.3. The van der Waals surface area contributed by atoms with Crippen molar-refractivity contribution >= 4 is 51.1 Å². The highest BCUT2D eigenvalue weighted by Gasteiger charge is 2.34. The first-order valence-electron chi connectivity index (χ1n) is 6.96. The molecule has 1 N–H and O–H groups in total. The molecule has 0 aliphatic carbocycles. The zero-order valence-electron chi connectivity index (χ0n) is 12.5. The van der Waals surface area contributed by atoms with Crippen LogP contribution in [0.4, 0.5) is 5.69 Å². The predicted octanol–water partition coefficient (Wildman–Crippen LogP) is 3.57. The summed E-state index contributed by atoms with van der Waals surface area (Å²) >= 11 is 9.32. The lowest BCUT2D eigenvalue weighted by Gasteiger charge is -2.14. The second-order valence-electron chi connectivity index (χ2n) is 5.01. The molecular weight excluding hydrogens is 396 g/mol. The van der Waals surface area contributed by atoms with Crippen LogP contribution in [0.2, 0.25) is 5.02 Å². The summed E-state index contributed by atoms with van der Waals surface area (Å²) in [5, 5.41) is 1.66. The number of hydrogen-bond donors (Lipinski definition) is 1. The molecule has 122 valence electrons. The summed E-state index contributed by atoms with van der Waals surface area (Å²) in [6.45, 7) is 0. The molecule has 5 nitrogen and oxygen atoms in total. The maximum Gasteiger partial charge on any atom is 0.282 e. The quantitative estimate of drug-likeness (QED) is 0.625. The Morgan fingerprint density at radius 1 is 1.21 bits per heavy atom. The van der Waals surface area contributed by atoms with Crippen LogP contribution in [0, 0.1) is 0 Å². The van der Waals surface area contributed by atoms with Gasteiger partial charge in [-0.3, -0.25) is 15.0 Å². The minimum Gasteiger partial charge on any atom is -0.496 e. The Balaban J connectivity index is 1.93. The zero-order valence-corrected chi connectivity index (χ0v) is 14.9. The number of hydrazine groups is 1. The van der Waals surface area contributed by atoms with Gasteiger partial charge in [-0.1, -0.05) is 23.7 Å². The summed E-state index contributed by atoms with van der Waals surface area (Å²) in [5.41, 5.74) is 3.79. The summed E-state index contributed by atoms with van der Waals surface area (Å²) in [4.78, 5) is 24.7. The second kappa shape index (κ2) is 6.67. The van der Waals surface area contributed by atoms with Crippen LogP contribution in [0.15, 0.2) is 52.5 Å². The van der Waals surface area contributed by atoms with Gasteiger partial charge in [-0.05, 0) is 57.9 Å². The third kappa shape index (κ3) is 3.16. The minimum atomic E-state index is -0.466. The van der Waals surface area contributed by atoms with Crippen molar-refractivity contribution in [2.45, 2.75) is 0 Å². The lowest BCUT2D eigenvalue weighted by molar-refractivity contribution is -0.117. The molecule has 24 heavy (non-hydrogen) atoms. The number of anilines is 1. The van der Waals surface area contributed by atoms with E-state index in [4.69, 9.17) is 16.3 Å². The van der Waals surface area contributed by atoms with Gasteiger partial charge in [0.15, 0.2) is 0 Å². The van der Waals surface area contributed by atoms with Crippen LogP contribution in [0.5, 0.6) is 5.75 Å². The number of ether oxygens (including phenoxy) is 1. The van der Waals surface area contributed by atoms with Gasteiger partial charge in [0.1, 0.15) is 11.3 Å². The van der Waals surface area contributed by atoms with Crippen molar-refractivity contribution in [2.75, 3.05) is 12.1 Å². The molecule has 1 saturated heterocycles. The fraction of sp³-hybridized carbons (Fsp3) is 0.0588. The first-order chi connectivity index (χ1) is 11.5. The largest absolute Gasteiger partial charge is 0.496 e. The van der Waals surface area contributed by atoms with E-state index in [-0.39, 0.29) is 5.57 Å². The van der Waals surface area contributed by atoms with Crippen LogP contribution in [0.25, 0.3) is 6.08 Å². The number of nitrogens with zero attached hydrogens (tertiary/aromatic N) is 1. The summed E-state index contributed by atoms with van der Waals surface area (Å²) in [6.07, 6.45) is 1.53. The molecule has 0 spiro atoms. The van der Waals surface area contributed by atoms with Gasteiger partial charge in [-0.2, -0.15) is 0 Å². The molecule has 0 bridgehead atoms. The maximum atomic E-state index is 12.5. The summed E-state index contributed by atoms with van der Waals surface area (Å²) in [5.74, 6) is -0.235. The van der Waals surface area contributed by atoms with E-state index >= 15 is 0 Å². The van der Waals surface area contributed by atoms with Crippen molar-refractivity contribution < 1.29 is 14.3 Å². The molecule has 0 aromatic heterocycles. The number of carbonyl (C=O) groups excluding carboxylic acids is 2. The molecule has 2 aromatic rings. The number of rotatable bonds is 3. The van der Waals surface area contributed by atoms with Gasteiger partial charge in [-0.25, -0.2) is 5.01 Å². The number of benzene rings is 2. The average molecular weight is 408 g/mol. The molecule has 0 radical (unpaired) electrons. The molecule has 2 amide bonds. The van der Waals surface area contributed by atoms with Crippen molar-refractivity contribution in [3.63, 3.8) is 0 Å². The lowest BCUT2D eigenvalue weighted by Crippen LogP contribution is -2.35. The first kappa shape index (κ1) is 16.5. The van der Waals surface area contributed by atoms with Gasteiger partial charge in [0, 0.05) is 5.02 Å². The van der Waals surface area contributed by atoms with Gasteiger partial charge in [0.25, 0.3) is 11.8 Å². The Labute approximate surface area is 152 Å². The van der Waals surface area contributed by atoms with E-state index in [1.54, 1.807) is 49.6 Å². The number of methoxy groups -OCH3 is 1. The summed E-state index contributed by atoms with van der Waals surface area (Å²) in [7, 11) is 1.56. The molecule has 2 aromatic carbocycles.